The minimum atomic E-state index is -0.621. The number of nitrogens with one attached hydrogen (secondary N) is 1. The van der Waals surface area contributed by atoms with Gasteiger partial charge in [-0.3, -0.25) is 4.21 Å². The van der Waals surface area contributed by atoms with Gasteiger partial charge in [-0.25, -0.2) is 0 Å². The van der Waals surface area contributed by atoms with Gasteiger partial charge in [0.05, 0.1) is 5.25 Å². The van der Waals surface area contributed by atoms with Gasteiger partial charge in [0.2, 0.25) is 0 Å². The van der Waals surface area contributed by atoms with Crippen molar-refractivity contribution in [2.75, 3.05) is 7.05 Å². The Morgan fingerprint density at radius 1 is 1.12 bits per heavy atom. The second kappa shape index (κ2) is 5.40. The lowest BCUT2D eigenvalue weighted by molar-refractivity contribution is 0.298. The summed E-state index contributed by atoms with van der Waals surface area (Å²) in [6, 6.07) is 0.435. The van der Waals surface area contributed by atoms with E-state index in [1.807, 2.05) is 7.05 Å². The normalized spacial score (nSPS) is 35.9. The van der Waals surface area contributed by atoms with E-state index in [0.29, 0.717) is 22.0 Å². The van der Waals surface area contributed by atoms with Crippen LogP contribution in [0.4, 0.5) is 0 Å². The molecule has 0 bridgehead atoms. The van der Waals surface area contributed by atoms with E-state index in [1.165, 1.54) is 38.5 Å². The van der Waals surface area contributed by atoms with Crippen LogP contribution in [0.3, 0.4) is 0 Å². The molecule has 2 nitrogen and oxygen atoms in total. The maximum atomic E-state index is 12.7. The van der Waals surface area contributed by atoms with E-state index in [-0.39, 0.29) is 0 Å². The highest BCUT2D eigenvalue weighted by atomic mass is 32.2. The first-order valence-electron chi connectivity index (χ1n) is 7.13. The summed E-state index contributed by atoms with van der Waals surface area (Å²) in [7, 11) is 1.41. The van der Waals surface area contributed by atoms with Crippen LogP contribution in [0.1, 0.15) is 58.8 Å². The summed E-state index contributed by atoms with van der Waals surface area (Å²) in [5.41, 5.74) is 0.309. The Morgan fingerprint density at radius 2 is 1.76 bits per heavy atom. The van der Waals surface area contributed by atoms with E-state index in [9.17, 15) is 4.21 Å². The molecule has 0 saturated heterocycles. The van der Waals surface area contributed by atoms with Crippen molar-refractivity contribution < 1.29 is 4.21 Å². The average molecular weight is 257 g/mol. The van der Waals surface area contributed by atoms with Crippen molar-refractivity contribution in [3.63, 3.8) is 0 Å². The van der Waals surface area contributed by atoms with Crippen LogP contribution in [-0.2, 0) is 10.8 Å². The van der Waals surface area contributed by atoms with Crippen molar-refractivity contribution in [2.24, 2.45) is 5.41 Å². The summed E-state index contributed by atoms with van der Waals surface area (Å²) in [6.45, 7) is 4.62. The van der Waals surface area contributed by atoms with E-state index in [0.717, 1.165) is 6.42 Å². The monoisotopic (exact) mass is 257 g/mol. The highest BCUT2D eigenvalue weighted by Gasteiger charge is 2.45. The second-order valence-electron chi connectivity index (χ2n) is 6.42. The van der Waals surface area contributed by atoms with E-state index >= 15 is 0 Å². The summed E-state index contributed by atoms with van der Waals surface area (Å²) < 4.78 is 12.7. The lowest BCUT2D eigenvalue weighted by Gasteiger charge is -2.32. The zero-order valence-corrected chi connectivity index (χ0v) is 12.3. The SMILES string of the molecule is CNC1C(S(=O)C2CCCCC2)CCC1(C)C. The Bertz CT molecular complexity index is 284. The molecule has 3 unspecified atom stereocenters. The number of hydrogen-bond acceptors (Lipinski definition) is 2. The Kier molecular flexibility index (Phi) is 4.30. The van der Waals surface area contributed by atoms with Crippen LogP contribution in [0.5, 0.6) is 0 Å². The van der Waals surface area contributed by atoms with Gasteiger partial charge in [-0.15, -0.1) is 0 Å². The van der Waals surface area contributed by atoms with Crippen molar-refractivity contribution in [3.05, 3.63) is 0 Å². The molecular weight excluding hydrogens is 230 g/mol. The number of hydrogen-bond donors (Lipinski definition) is 1. The molecule has 100 valence electrons. The fourth-order valence-electron chi connectivity index (χ4n) is 3.71. The van der Waals surface area contributed by atoms with Crippen molar-refractivity contribution in [2.45, 2.75) is 75.3 Å². The highest BCUT2D eigenvalue weighted by molar-refractivity contribution is 7.86. The van der Waals surface area contributed by atoms with Crippen LogP contribution in [0.15, 0.2) is 0 Å². The van der Waals surface area contributed by atoms with Gasteiger partial charge in [0.1, 0.15) is 0 Å². The van der Waals surface area contributed by atoms with Gasteiger partial charge in [-0.05, 0) is 38.1 Å². The predicted molar refractivity (Wildman–Crippen MR) is 74.7 cm³/mol. The average Bonchev–Trinajstić information content (AvgIpc) is 2.64. The predicted octanol–water partition coefficient (Wildman–Crippen LogP) is 2.84. The summed E-state index contributed by atoms with van der Waals surface area (Å²) in [6.07, 6.45) is 8.66. The molecule has 2 rings (SSSR count). The Hall–Kier alpha value is 0.110. The quantitative estimate of drug-likeness (QED) is 0.842. The van der Waals surface area contributed by atoms with Crippen LogP contribution in [-0.4, -0.2) is 27.8 Å². The Balaban J connectivity index is 2.04. The summed E-state index contributed by atoms with van der Waals surface area (Å²) in [5, 5.41) is 4.30. The topological polar surface area (TPSA) is 29.1 Å². The third-order valence-electron chi connectivity index (χ3n) is 4.78. The smallest absolute Gasteiger partial charge is 0.0509 e. The molecule has 0 aliphatic heterocycles. The van der Waals surface area contributed by atoms with Gasteiger partial charge in [0.25, 0.3) is 0 Å². The fraction of sp³-hybridized carbons (Fsp3) is 1.00. The molecular formula is C14H27NOS. The lowest BCUT2D eigenvalue weighted by atomic mass is 9.87. The van der Waals surface area contributed by atoms with Gasteiger partial charge >= 0.3 is 0 Å². The van der Waals surface area contributed by atoms with Crippen molar-refractivity contribution in [1.29, 1.82) is 0 Å². The molecule has 3 atom stereocenters. The van der Waals surface area contributed by atoms with Crippen molar-refractivity contribution in [3.8, 4) is 0 Å². The van der Waals surface area contributed by atoms with Gasteiger partial charge in [-0.2, -0.15) is 0 Å². The van der Waals surface area contributed by atoms with E-state index < -0.39 is 10.8 Å². The molecule has 0 heterocycles. The summed E-state index contributed by atoms with van der Waals surface area (Å²) >= 11 is 0. The molecule has 0 aromatic carbocycles. The van der Waals surface area contributed by atoms with Gasteiger partial charge in [0, 0.05) is 22.1 Å². The van der Waals surface area contributed by atoms with Crippen molar-refractivity contribution in [1.82, 2.24) is 5.32 Å². The molecule has 0 amide bonds. The third kappa shape index (κ3) is 2.76. The molecule has 0 aromatic rings. The minimum absolute atomic E-state index is 0.309. The van der Waals surface area contributed by atoms with Gasteiger partial charge in [0.15, 0.2) is 0 Å². The molecule has 2 fully saturated rings. The molecule has 2 saturated carbocycles. The van der Waals surface area contributed by atoms with E-state index in [2.05, 4.69) is 19.2 Å². The van der Waals surface area contributed by atoms with Crippen molar-refractivity contribution >= 4 is 10.8 Å². The van der Waals surface area contributed by atoms with Crippen LogP contribution in [0.25, 0.3) is 0 Å². The molecule has 0 radical (unpaired) electrons. The molecule has 1 N–H and O–H groups in total. The molecule has 17 heavy (non-hydrogen) atoms. The number of rotatable bonds is 3. The fourth-order valence-corrected chi connectivity index (χ4v) is 6.13. The van der Waals surface area contributed by atoms with Crippen LogP contribution >= 0.6 is 0 Å². The maximum Gasteiger partial charge on any atom is 0.0509 e. The third-order valence-corrected chi connectivity index (χ3v) is 7.01. The highest BCUT2D eigenvalue weighted by Crippen LogP contribution is 2.41. The first kappa shape index (κ1) is 13.5. The van der Waals surface area contributed by atoms with Gasteiger partial charge in [-0.1, -0.05) is 33.1 Å². The first-order chi connectivity index (χ1) is 8.06. The van der Waals surface area contributed by atoms with Crippen LogP contribution in [0.2, 0.25) is 0 Å². The summed E-state index contributed by atoms with van der Waals surface area (Å²) in [4.78, 5) is 0. The Labute approximate surface area is 108 Å². The Morgan fingerprint density at radius 3 is 2.35 bits per heavy atom. The second-order valence-corrected chi connectivity index (χ2v) is 8.35. The zero-order chi connectivity index (χ0) is 12.5. The molecule has 0 spiro atoms. The largest absolute Gasteiger partial charge is 0.315 e. The standard InChI is InChI=1S/C14H27NOS/c1-14(2)10-9-12(13(14)15-3)17(16)11-7-5-4-6-8-11/h11-13,15H,4-10H2,1-3H3. The molecule has 0 aromatic heterocycles. The zero-order valence-electron chi connectivity index (χ0n) is 11.5. The minimum Gasteiger partial charge on any atom is -0.315 e. The first-order valence-corrected chi connectivity index (χ1v) is 8.40. The van der Waals surface area contributed by atoms with Crippen LogP contribution in [0, 0.1) is 5.41 Å². The maximum absolute atomic E-state index is 12.7. The summed E-state index contributed by atoms with van der Waals surface area (Å²) in [5.74, 6) is 0. The van der Waals surface area contributed by atoms with Gasteiger partial charge < -0.3 is 5.32 Å². The van der Waals surface area contributed by atoms with E-state index in [1.54, 1.807) is 0 Å². The molecule has 2 aliphatic rings. The van der Waals surface area contributed by atoms with E-state index in [4.69, 9.17) is 0 Å². The lowest BCUT2D eigenvalue weighted by Crippen LogP contribution is -2.46. The molecule has 3 heteroatoms. The molecule has 2 aliphatic carbocycles. The van der Waals surface area contributed by atoms with Crippen LogP contribution < -0.4 is 5.32 Å².